The Morgan fingerprint density at radius 3 is 2.84 bits per heavy atom. The van der Waals surface area contributed by atoms with E-state index in [0.29, 0.717) is 5.70 Å². The van der Waals surface area contributed by atoms with E-state index in [0.717, 1.165) is 34.3 Å². The maximum Gasteiger partial charge on any atom is 0.351 e. The second kappa shape index (κ2) is 8.40. The molecule has 32 heavy (non-hydrogen) atoms. The number of ether oxygens (including phenoxy) is 2. The van der Waals surface area contributed by atoms with Gasteiger partial charge in [-0.05, 0) is 67.0 Å². The summed E-state index contributed by atoms with van der Waals surface area (Å²) in [5, 5.41) is 22.3. The van der Waals surface area contributed by atoms with Gasteiger partial charge in [0.25, 0.3) is 0 Å². The van der Waals surface area contributed by atoms with E-state index in [1.54, 1.807) is 0 Å². The van der Waals surface area contributed by atoms with Crippen LogP contribution in [0.4, 0.5) is 10.2 Å². The number of fused-ring (bicyclic) bond motifs is 1. The fourth-order valence-corrected chi connectivity index (χ4v) is 4.68. The largest absolute Gasteiger partial charge is 0.488 e. The average Bonchev–Trinajstić information content (AvgIpc) is 2.96. The van der Waals surface area contributed by atoms with Crippen molar-refractivity contribution in [3.05, 3.63) is 58.7 Å². The van der Waals surface area contributed by atoms with Crippen molar-refractivity contribution in [2.45, 2.75) is 54.4 Å². The third-order valence-electron chi connectivity index (χ3n) is 5.72. The molecular formula is C22H25FIN3O5. The Morgan fingerprint density at radius 1 is 1.44 bits per heavy atom. The molecule has 1 saturated heterocycles. The zero-order chi connectivity index (χ0) is 23.3. The summed E-state index contributed by atoms with van der Waals surface area (Å²) in [6, 6.07) is 7.32. The van der Waals surface area contributed by atoms with E-state index in [9.17, 15) is 19.4 Å². The van der Waals surface area contributed by atoms with Crippen molar-refractivity contribution in [2.75, 3.05) is 11.9 Å². The highest BCUT2D eigenvalue weighted by atomic mass is 127. The summed E-state index contributed by atoms with van der Waals surface area (Å²) < 4.78 is 25.0. The van der Waals surface area contributed by atoms with E-state index in [1.165, 1.54) is 34.9 Å². The van der Waals surface area contributed by atoms with Gasteiger partial charge >= 0.3 is 5.69 Å². The van der Waals surface area contributed by atoms with E-state index < -0.39 is 34.4 Å². The first kappa shape index (κ1) is 23.1. The summed E-state index contributed by atoms with van der Waals surface area (Å²) in [6.07, 6.45) is -0.940. The molecule has 0 radical (unpaired) electrons. The molecule has 0 saturated carbocycles. The van der Waals surface area contributed by atoms with E-state index in [1.807, 2.05) is 32.0 Å². The number of aliphatic hydroxyl groups excluding tert-OH is 2. The first-order valence-corrected chi connectivity index (χ1v) is 11.3. The van der Waals surface area contributed by atoms with Crippen molar-refractivity contribution in [3.63, 3.8) is 0 Å². The van der Waals surface area contributed by atoms with Gasteiger partial charge in [-0.3, -0.25) is 4.57 Å². The van der Waals surface area contributed by atoms with Gasteiger partial charge in [0.05, 0.1) is 6.61 Å². The van der Waals surface area contributed by atoms with Crippen LogP contribution in [-0.4, -0.2) is 47.9 Å². The number of alkyl halides is 2. The maximum absolute atomic E-state index is 15.0. The van der Waals surface area contributed by atoms with Gasteiger partial charge in [0.2, 0.25) is 3.68 Å². The van der Waals surface area contributed by atoms with Crippen molar-refractivity contribution in [1.29, 1.82) is 0 Å². The maximum atomic E-state index is 15.0. The molecule has 0 bridgehead atoms. The smallest absolute Gasteiger partial charge is 0.351 e. The molecule has 0 spiro atoms. The van der Waals surface area contributed by atoms with Crippen LogP contribution < -0.4 is 15.7 Å². The van der Waals surface area contributed by atoms with Gasteiger partial charge < -0.3 is 25.0 Å². The van der Waals surface area contributed by atoms with Gasteiger partial charge in [-0.2, -0.15) is 4.98 Å². The number of hydrogen-bond acceptors (Lipinski definition) is 7. The molecule has 1 aromatic heterocycles. The highest BCUT2D eigenvalue weighted by Gasteiger charge is 2.56. The van der Waals surface area contributed by atoms with Gasteiger partial charge in [0.15, 0.2) is 6.23 Å². The molecule has 3 heterocycles. The monoisotopic (exact) mass is 557 g/mol. The van der Waals surface area contributed by atoms with Crippen LogP contribution in [0.15, 0.2) is 41.8 Å². The lowest BCUT2D eigenvalue weighted by atomic mass is 9.93. The molecule has 8 nitrogen and oxygen atoms in total. The van der Waals surface area contributed by atoms with Crippen LogP contribution in [-0.2, 0) is 11.2 Å². The molecule has 4 rings (SSSR count). The van der Waals surface area contributed by atoms with Gasteiger partial charge in [-0.25, -0.2) is 9.18 Å². The van der Waals surface area contributed by atoms with Gasteiger partial charge in [-0.15, -0.1) is 0 Å². The number of nitrogens with one attached hydrogen (secondary N) is 1. The predicted molar refractivity (Wildman–Crippen MR) is 125 cm³/mol. The Hall–Kier alpha value is -2.02. The zero-order valence-electron chi connectivity index (χ0n) is 17.7. The van der Waals surface area contributed by atoms with Gasteiger partial charge in [-0.1, -0.05) is 18.7 Å². The van der Waals surface area contributed by atoms with Crippen LogP contribution in [0.5, 0.6) is 5.75 Å². The minimum atomic E-state index is -2.30. The number of aryl methyl sites for hydroxylation is 1. The molecule has 2 aliphatic heterocycles. The second-order valence-electron chi connectivity index (χ2n) is 8.62. The van der Waals surface area contributed by atoms with Gasteiger partial charge in [0, 0.05) is 17.5 Å². The van der Waals surface area contributed by atoms with Crippen LogP contribution in [0.25, 0.3) is 5.70 Å². The molecule has 2 aromatic rings. The fraction of sp³-hybridized carbons (Fsp3) is 0.455. The summed E-state index contributed by atoms with van der Waals surface area (Å²) >= 11 is 1.39. The van der Waals surface area contributed by atoms with Crippen molar-refractivity contribution in [1.82, 2.24) is 9.55 Å². The Balaban J connectivity index is 1.52. The van der Waals surface area contributed by atoms with E-state index in [-0.39, 0.29) is 11.4 Å². The summed E-state index contributed by atoms with van der Waals surface area (Å²) in [5.41, 5.74) is 1.44. The van der Waals surface area contributed by atoms with Crippen LogP contribution in [0.2, 0.25) is 0 Å². The van der Waals surface area contributed by atoms with Crippen LogP contribution >= 0.6 is 22.6 Å². The van der Waals surface area contributed by atoms with E-state index in [4.69, 9.17) is 9.47 Å². The van der Waals surface area contributed by atoms with E-state index >= 15 is 0 Å². The standard InChI is InChI=1S/C22H25FIN3O5/c1-12(14-5-4-13-6-8-21(2,3)32-15(13)10-14)25-17-7-9-27(20(30)26-17)19-22(23,24)18(29)16(11-28)31-19/h4-5,7,9-10,16,18-19,28-29H,1,6,8,11H2,2-3H3,(H,25,26,30)/t16-,18-,19?,22?/m1/s1. The third-order valence-corrected chi connectivity index (χ3v) is 6.89. The summed E-state index contributed by atoms with van der Waals surface area (Å²) in [7, 11) is 0. The minimum absolute atomic E-state index is 0.227. The lowest BCUT2D eigenvalue weighted by Crippen LogP contribution is -2.40. The average molecular weight is 557 g/mol. The molecular weight excluding hydrogens is 532 g/mol. The first-order valence-electron chi connectivity index (χ1n) is 10.2. The number of rotatable bonds is 5. The molecule has 4 atom stereocenters. The Bertz CT molecular complexity index is 1100. The number of anilines is 1. The number of nitrogens with zero attached hydrogens (tertiary/aromatic N) is 2. The summed E-state index contributed by atoms with van der Waals surface area (Å²) in [5.74, 6) is 1.03. The lowest BCUT2D eigenvalue weighted by molar-refractivity contribution is -0.0499. The summed E-state index contributed by atoms with van der Waals surface area (Å²) in [6.45, 7) is 7.55. The second-order valence-corrected chi connectivity index (χ2v) is 10.3. The third kappa shape index (κ3) is 4.28. The molecule has 3 N–H and O–H groups in total. The number of benzene rings is 1. The molecule has 1 fully saturated rings. The first-order chi connectivity index (χ1) is 15.0. The van der Waals surface area contributed by atoms with Crippen LogP contribution in [0.1, 0.15) is 37.6 Å². The molecule has 10 heteroatoms. The highest BCUT2D eigenvalue weighted by Crippen LogP contribution is 2.45. The predicted octanol–water partition coefficient (Wildman–Crippen LogP) is 2.78. The quantitative estimate of drug-likeness (QED) is 0.384. The molecule has 1 aromatic carbocycles. The topological polar surface area (TPSA) is 106 Å². The number of aromatic nitrogens is 2. The normalized spacial score (nSPS) is 28.6. The zero-order valence-corrected chi connectivity index (χ0v) is 19.9. The van der Waals surface area contributed by atoms with Crippen molar-refractivity contribution in [3.8, 4) is 5.75 Å². The Kier molecular flexibility index (Phi) is 6.07. The molecule has 172 valence electrons. The highest BCUT2D eigenvalue weighted by molar-refractivity contribution is 14.1. The summed E-state index contributed by atoms with van der Waals surface area (Å²) in [4.78, 5) is 16.5. The van der Waals surface area contributed by atoms with Crippen molar-refractivity contribution < 1.29 is 24.1 Å². The Morgan fingerprint density at radius 2 is 2.19 bits per heavy atom. The van der Waals surface area contributed by atoms with Crippen molar-refractivity contribution in [2.24, 2.45) is 0 Å². The lowest BCUT2D eigenvalue weighted by Gasteiger charge is -2.32. The molecule has 0 amide bonds. The minimum Gasteiger partial charge on any atom is -0.488 e. The Labute approximate surface area is 198 Å². The molecule has 0 aliphatic carbocycles. The number of aliphatic hydroxyl groups is 2. The molecule has 2 unspecified atom stereocenters. The van der Waals surface area contributed by atoms with Crippen molar-refractivity contribution >= 4 is 34.1 Å². The fourth-order valence-electron chi connectivity index (χ4n) is 3.83. The van der Waals surface area contributed by atoms with E-state index in [2.05, 4.69) is 16.9 Å². The van der Waals surface area contributed by atoms with Gasteiger partial charge in [0.1, 0.15) is 29.4 Å². The van der Waals surface area contributed by atoms with Crippen LogP contribution in [0, 0.1) is 0 Å². The number of halogens is 2. The number of hydrogen-bond donors (Lipinski definition) is 3. The molecule has 2 aliphatic rings. The SMILES string of the molecule is C=C(Nc1ccn(C2O[C@H](CO)[C@@H](O)C2(F)I)c(=O)n1)c1ccc2c(c1)OC(C)(C)CC2. The van der Waals surface area contributed by atoms with Crippen LogP contribution in [0.3, 0.4) is 0 Å².